The van der Waals surface area contributed by atoms with Gasteiger partial charge < -0.3 is 19.9 Å². The van der Waals surface area contributed by atoms with Gasteiger partial charge in [-0.15, -0.1) is 0 Å². The second-order valence-corrected chi connectivity index (χ2v) is 6.10. The molecular formula is C15H19NO3. The first-order valence-corrected chi connectivity index (χ1v) is 6.93. The molecule has 3 aliphatic rings. The molecule has 1 saturated heterocycles. The summed E-state index contributed by atoms with van der Waals surface area (Å²) < 4.78 is 16.5. The number of nitrogens with two attached hydrogens (primary N) is 1. The summed E-state index contributed by atoms with van der Waals surface area (Å²) in [6.07, 6.45) is 2.22. The lowest BCUT2D eigenvalue weighted by Crippen LogP contribution is -2.58. The molecule has 2 fully saturated rings. The molecule has 102 valence electrons. The van der Waals surface area contributed by atoms with Crippen LogP contribution in [0.2, 0.25) is 0 Å². The Morgan fingerprint density at radius 1 is 1.16 bits per heavy atom. The van der Waals surface area contributed by atoms with Crippen LogP contribution in [0.3, 0.4) is 0 Å². The Morgan fingerprint density at radius 2 is 1.84 bits per heavy atom. The minimum atomic E-state index is 0.154. The van der Waals surface area contributed by atoms with Crippen LogP contribution >= 0.6 is 0 Å². The van der Waals surface area contributed by atoms with E-state index >= 15 is 0 Å². The van der Waals surface area contributed by atoms with Crippen molar-refractivity contribution >= 4 is 0 Å². The average Bonchev–Trinajstić information content (AvgIpc) is 2.72. The van der Waals surface area contributed by atoms with E-state index in [0.717, 1.165) is 37.6 Å². The maximum atomic E-state index is 5.97. The molecule has 0 amide bonds. The predicted molar refractivity (Wildman–Crippen MR) is 70.5 cm³/mol. The van der Waals surface area contributed by atoms with Crippen LogP contribution in [-0.2, 0) is 10.2 Å². The zero-order valence-corrected chi connectivity index (χ0v) is 11.1. The number of aryl methyl sites for hydroxylation is 1. The van der Waals surface area contributed by atoms with Crippen LogP contribution in [-0.4, -0.2) is 26.0 Å². The first-order chi connectivity index (χ1) is 9.19. The molecule has 0 unspecified atom stereocenters. The highest BCUT2D eigenvalue weighted by Gasteiger charge is 2.52. The lowest BCUT2D eigenvalue weighted by atomic mass is 9.58. The first kappa shape index (κ1) is 11.6. The molecule has 19 heavy (non-hydrogen) atoms. The maximum Gasteiger partial charge on any atom is 0.231 e. The second-order valence-electron chi connectivity index (χ2n) is 6.10. The third kappa shape index (κ3) is 1.53. The summed E-state index contributed by atoms with van der Waals surface area (Å²) in [5.74, 6) is 2.38. The van der Waals surface area contributed by atoms with Gasteiger partial charge in [-0.05, 0) is 48.9 Å². The minimum Gasteiger partial charge on any atom is -0.454 e. The fourth-order valence-electron chi connectivity index (χ4n) is 3.63. The predicted octanol–water partition coefficient (Wildman–Crippen LogP) is 1.73. The molecule has 1 aromatic rings. The molecule has 4 rings (SSSR count). The number of hydrogen-bond acceptors (Lipinski definition) is 4. The van der Waals surface area contributed by atoms with Crippen LogP contribution in [0.25, 0.3) is 0 Å². The fourth-order valence-corrected chi connectivity index (χ4v) is 3.63. The summed E-state index contributed by atoms with van der Waals surface area (Å²) in [6.45, 7) is 4.10. The van der Waals surface area contributed by atoms with Crippen molar-refractivity contribution in [2.45, 2.75) is 31.2 Å². The number of ether oxygens (including phenoxy) is 3. The van der Waals surface area contributed by atoms with Gasteiger partial charge in [-0.3, -0.25) is 0 Å². The molecule has 4 heteroatoms. The van der Waals surface area contributed by atoms with E-state index in [1.165, 1.54) is 11.1 Å². The highest BCUT2D eigenvalue weighted by atomic mass is 16.7. The third-order valence-corrected chi connectivity index (χ3v) is 4.93. The van der Waals surface area contributed by atoms with Crippen molar-refractivity contribution in [3.8, 4) is 11.5 Å². The molecule has 1 saturated carbocycles. The summed E-state index contributed by atoms with van der Waals surface area (Å²) >= 11 is 0. The van der Waals surface area contributed by atoms with E-state index in [1.54, 1.807) is 0 Å². The summed E-state index contributed by atoms with van der Waals surface area (Å²) in [5, 5.41) is 0. The van der Waals surface area contributed by atoms with Crippen molar-refractivity contribution in [1.29, 1.82) is 0 Å². The lowest BCUT2D eigenvalue weighted by molar-refractivity contribution is -0.111. The quantitative estimate of drug-likeness (QED) is 0.881. The molecular weight excluding hydrogens is 242 g/mol. The summed E-state index contributed by atoms with van der Waals surface area (Å²) in [7, 11) is 0. The third-order valence-electron chi connectivity index (χ3n) is 4.93. The van der Waals surface area contributed by atoms with Gasteiger partial charge >= 0.3 is 0 Å². The van der Waals surface area contributed by atoms with Gasteiger partial charge in [-0.2, -0.15) is 0 Å². The molecule has 0 aromatic heterocycles. The molecule has 4 nitrogen and oxygen atoms in total. The van der Waals surface area contributed by atoms with Crippen molar-refractivity contribution in [3.63, 3.8) is 0 Å². The van der Waals surface area contributed by atoms with E-state index in [0.29, 0.717) is 18.8 Å². The van der Waals surface area contributed by atoms with E-state index in [-0.39, 0.29) is 5.41 Å². The zero-order chi connectivity index (χ0) is 13.0. The molecule has 1 aromatic carbocycles. The van der Waals surface area contributed by atoms with Crippen LogP contribution in [0, 0.1) is 12.8 Å². The molecule has 1 aliphatic carbocycles. The standard InChI is InChI=1S/C15H19NO3/c1-9-2-13-14(19-8-18-13)5-12(9)15(6-17-7-15)10-3-11(16)4-10/h2,5,10-11H,3-4,6-8,16H2,1H3. The van der Waals surface area contributed by atoms with E-state index < -0.39 is 0 Å². The Balaban J connectivity index is 1.74. The van der Waals surface area contributed by atoms with Crippen LogP contribution in [0.4, 0.5) is 0 Å². The Labute approximate surface area is 112 Å². The largest absolute Gasteiger partial charge is 0.454 e. The van der Waals surface area contributed by atoms with E-state index in [4.69, 9.17) is 19.9 Å². The van der Waals surface area contributed by atoms with Crippen LogP contribution in [0.1, 0.15) is 24.0 Å². The van der Waals surface area contributed by atoms with Gasteiger partial charge in [-0.1, -0.05) is 0 Å². The Hall–Kier alpha value is -1.26. The number of benzene rings is 1. The van der Waals surface area contributed by atoms with Crippen molar-refractivity contribution in [2.75, 3.05) is 20.0 Å². The molecule has 0 radical (unpaired) electrons. The smallest absolute Gasteiger partial charge is 0.231 e. The van der Waals surface area contributed by atoms with Crippen molar-refractivity contribution < 1.29 is 14.2 Å². The number of rotatable bonds is 2. The van der Waals surface area contributed by atoms with Crippen LogP contribution < -0.4 is 15.2 Å². The van der Waals surface area contributed by atoms with E-state index in [9.17, 15) is 0 Å². The van der Waals surface area contributed by atoms with Crippen molar-refractivity contribution in [2.24, 2.45) is 11.7 Å². The number of fused-ring (bicyclic) bond motifs is 1. The van der Waals surface area contributed by atoms with Gasteiger partial charge in [-0.25, -0.2) is 0 Å². The molecule has 2 aliphatic heterocycles. The highest BCUT2D eigenvalue weighted by Crippen LogP contribution is 2.51. The highest BCUT2D eigenvalue weighted by molar-refractivity contribution is 5.51. The summed E-state index contributed by atoms with van der Waals surface area (Å²) in [4.78, 5) is 0. The summed E-state index contributed by atoms with van der Waals surface area (Å²) in [5.41, 5.74) is 8.75. The Morgan fingerprint density at radius 3 is 2.42 bits per heavy atom. The Kier molecular flexibility index (Phi) is 2.35. The van der Waals surface area contributed by atoms with Gasteiger partial charge in [0.25, 0.3) is 0 Å². The second kappa shape index (κ2) is 3.87. The average molecular weight is 261 g/mol. The summed E-state index contributed by atoms with van der Waals surface area (Å²) in [6, 6.07) is 4.62. The van der Waals surface area contributed by atoms with Gasteiger partial charge in [0.1, 0.15) is 0 Å². The Bertz CT molecular complexity index is 518. The van der Waals surface area contributed by atoms with Crippen LogP contribution in [0.15, 0.2) is 12.1 Å². The maximum absolute atomic E-state index is 5.97. The molecule has 2 N–H and O–H groups in total. The van der Waals surface area contributed by atoms with Gasteiger partial charge in [0, 0.05) is 11.5 Å². The monoisotopic (exact) mass is 261 g/mol. The van der Waals surface area contributed by atoms with Crippen LogP contribution in [0.5, 0.6) is 11.5 Å². The number of hydrogen-bond donors (Lipinski definition) is 1. The topological polar surface area (TPSA) is 53.7 Å². The van der Waals surface area contributed by atoms with Gasteiger partial charge in [0.2, 0.25) is 6.79 Å². The molecule has 0 atom stereocenters. The molecule has 2 heterocycles. The fraction of sp³-hybridized carbons (Fsp3) is 0.600. The minimum absolute atomic E-state index is 0.154. The van der Waals surface area contributed by atoms with E-state index in [2.05, 4.69) is 19.1 Å². The normalized spacial score (nSPS) is 30.6. The zero-order valence-electron chi connectivity index (χ0n) is 11.1. The van der Waals surface area contributed by atoms with E-state index in [1.807, 2.05) is 0 Å². The molecule has 0 spiro atoms. The lowest BCUT2D eigenvalue weighted by Gasteiger charge is -2.53. The van der Waals surface area contributed by atoms with Gasteiger partial charge in [0.05, 0.1) is 13.2 Å². The first-order valence-electron chi connectivity index (χ1n) is 6.93. The van der Waals surface area contributed by atoms with Crippen molar-refractivity contribution in [3.05, 3.63) is 23.3 Å². The van der Waals surface area contributed by atoms with Crippen molar-refractivity contribution in [1.82, 2.24) is 0 Å². The molecule has 0 bridgehead atoms. The SMILES string of the molecule is Cc1cc2c(cc1C1(C3CC(N)C3)COC1)OCO2. The van der Waals surface area contributed by atoms with Gasteiger partial charge in [0.15, 0.2) is 11.5 Å².